The minimum absolute atomic E-state index is 0.0111. The van der Waals surface area contributed by atoms with E-state index in [1.807, 2.05) is 0 Å². The standard InChI is InChI=1S/C11H10FN3O4S2/c1-7-2-9(3-10(11(7)12)15(16)17)21(18,19)14-5-8-4-13-6-20-8/h2-4,6,14H,5H2,1H3. The van der Waals surface area contributed by atoms with Crippen molar-refractivity contribution < 1.29 is 17.7 Å². The molecule has 0 radical (unpaired) electrons. The van der Waals surface area contributed by atoms with Crippen LogP contribution in [-0.4, -0.2) is 18.3 Å². The topological polar surface area (TPSA) is 102 Å². The molecule has 0 aliphatic heterocycles. The number of aryl methyl sites for hydroxylation is 1. The second-order valence-electron chi connectivity index (χ2n) is 4.12. The molecule has 0 amide bonds. The molecule has 1 heterocycles. The molecule has 2 aromatic rings. The van der Waals surface area contributed by atoms with Gasteiger partial charge in [0, 0.05) is 23.7 Å². The summed E-state index contributed by atoms with van der Waals surface area (Å²) in [5.41, 5.74) is 0.576. The van der Waals surface area contributed by atoms with Crippen molar-refractivity contribution in [1.82, 2.24) is 9.71 Å². The van der Waals surface area contributed by atoms with Crippen LogP contribution in [0.2, 0.25) is 0 Å². The number of aromatic nitrogens is 1. The Kier molecular flexibility index (Phi) is 4.30. The van der Waals surface area contributed by atoms with E-state index in [1.165, 1.54) is 24.5 Å². The van der Waals surface area contributed by atoms with E-state index in [4.69, 9.17) is 0 Å². The first-order valence-corrected chi connectivity index (χ1v) is 7.99. The van der Waals surface area contributed by atoms with Gasteiger partial charge in [0.1, 0.15) is 0 Å². The molecule has 7 nitrogen and oxygen atoms in total. The molecule has 0 spiro atoms. The molecule has 2 rings (SSSR count). The predicted molar refractivity (Wildman–Crippen MR) is 73.9 cm³/mol. The van der Waals surface area contributed by atoms with Gasteiger partial charge in [0.05, 0.1) is 15.3 Å². The SMILES string of the molecule is Cc1cc(S(=O)(=O)NCc2cncs2)cc([N+](=O)[O-])c1F. The van der Waals surface area contributed by atoms with Crippen LogP contribution in [0.4, 0.5) is 10.1 Å². The van der Waals surface area contributed by atoms with Crippen LogP contribution >= 0.6 is 11.3 Å². The zero-order valence-electron chi connectivity index (χ0n) is 10.7. The normalized spacial score (nSPS) is 11.5. The Hall–Kier alpha value is -1.91. The average Bonchev–Trinajstić information content (AvgIpc) is 2.92. The van der Waals surface area contributed by atoms with Gasteiger partial charge in [-0.15, -0.1) is 11.3 Å². The third-order valence-electron chi connectivity index (χ3n) is 2.64. The molecule has 0 saturated heterocycles. The van der Waals surface area contributed by atoms with Gasteiger partial charge in [-0.2, -0.15) is 4.39 Å². The molecule has 0 aliphatic carbocycles. The van der Waals surface area contributed by atoms with E-state index < -0.39 is 26.5 Å². The Labute approximate surface area is 123 Å². The summed E-state index contributed by atoms with van der Waals surface area (Å²) in [6.45, 7) is 1.28. The quantitative estimate of drug-likeness (QED) is 0.666. The fourth-order valence-electron chi connectivity index (χ4n) is 1.59. The van der Waals surface area contributed by atoms with E-state index in [0.717, 1.165) is 6.07 Å². The van der Waals surface area contributed by atoms with Gasteiger partial charge >= 0.3 is 5.69 Å². The Morgan fingerprint density at radius 1 is 1.48 bits per heavy atom. The van der Waals surface area contributed by atoms with E-state index in [-0.39, 0.29) is 17.0 Å². The maximum absolute atomic E-state index is 13.6. The van der Waals surface area contributed by atoms with Crippen molar-refractivity contribution in [3.05, 3.63) is 50.2 Å². The molecule has 0 fully saturated rings. The first-order valence-electron chi connectivity index (χ1n) is 5.63. The zero-order chi connectivity index (χ0) is 15.6. The fourth-order valence-corrected chi connectivity index (χ4v) is 3.32. The van der Waals surface area contributed by atoms with E-state index in [9.17, 15) is 22.9 Å². The van der Waals surface area contributed by atoms with Crippen molar-refractivity contribution >= 4 is 27.0 Å². The third kappa shape index (κ3) is 3.40. The highest BCUT2D eigenvalue weighted by molar-refractivity contribution is 7.89. The second kappa shape index (κ2) is 5.84. The number of halogens is 1. The summed E-state index contributed by atoms with van der Waals surface area (Å²) in [5.74, 6) is -1.04. The van der Waals surface area contributed by atoms with Crippen molar-refractivity contribution in [2.24, 2.45) is 0 Å². The van der Waals surface area contributed by atoms with Gasteiger partial charge in [0.2, 0.25) is 15.8 Å². The molecular formula is C11H10FN3O4S2. The smallest absolute Gasteiger partial charge is 0.258 e. The summed E-state index contributed by atoms with van der Waals surface area (Å²) in [7, 11) is -3.97. The van der Waals surface area contributed by atoms with Gasteiger partial charge in [-0.1, -0.05) is 0 Å². The number of sulfonamides is 1. The molecule has 0 aliphatic rings. The second-order valence-corrected chi connectivity index (χ2v) is 6.86. The summed E-state index contributed by atoms with van der Waals surface area (Å²) in [5, 5.41) is 10.7. The number of nitrogens with zero attached hydrogens (tertiary/aromatic N) is 2. The Morgan fingerprint density at radius 3 is 2.76 bits per heavy atom. The summed E-state index contributed by atoms with van der Waals surface area (Å²) >= 11 is 1.27. The number of rotatable bonds is 5. The lowest BCUT2D eigenvalue weighted by molar-refractivity contribution is -0.387. The monoisotopic (exact) mass is 331 g/mol. The summed E-state index contributed by atoms with van der Waals surface area (Å²) in [6, 6.07) is 1.76. The first kappa shape index (κ1) is 15.5. The van der Waals surface area contributed by atoms with Crippen LogP contribution in [-0.2, 0) is 16.6 Å². The third-order valence-corrected chi connectivity index (χ3v) is 4.80. The van der Waals surface area contributed by atoms with Crippen molar-refractivity contribution in [1.29, 1.82) is 0 Å². The van der Waals surface area contributed by atoms with E-state index in [2.05, 4.69) is 9.71 Å². The zero-order valence-corrected chi connectivity index (χ0v) is 12.4. The highest BCUT2D eigenvalue weighted by atomic mass is 32.2. The minimum atomic E-state index is -3.97. The summed E-state index contributed by atoms with van der Waals surface area (Å²) < 4.78 is 40.0. The van der Waals surface area contributed by atoms with Crippen LogP contribution in [0.3, 0.4) is 0 Å². The van der Waals surface area contributed by atoms with Gasteiger partial charge in [0.25, 0.3) is 0 Å². The van der Waals surface area contributed by atoms with Gasteiger partial charge in [-0.3, -0.25) is 15.1 Å². The number of hydrogen-bond donors (Lipinski definition) is 1. The van der Waals surface area contributed by atoms with Crippen molar-refractivity contribution in [2.45, 2.75) is 18.4 Å². The highest BCUT2D eigenvalue weighted by Crippen LogP contribution is 2.25. The maximum atomic E-state index is 13.6. The Morgan fingerprint density at radius 2 is 2.19 bits per heavy atom. The van der Waals surface area contributed by atoms with Crippen LogP contribution < -0.4 is 4.72 Å². The number of hydrogen-bond acceptors (Lipinski definition) is 6. The maximum Gasteiger partial charge on any atom is 0.306 e. The molecule has 1 N–H and O–H groups in total. The number of benzene rings is 1. The Bertz CT molecular complexity index is 775. The molecule has 0 saturated carbocycles. The molecule has 0 atom stereocenters. The highest BCUT2D eigenvalue weighted by Gasteiger charge is 2.23. The lowest BCUT2D eigenvalue weighted by Crippen LogP contribution is -2.23. The molecule has 1 aromatic carbocycles. The molecule has 112 valence electrons. The van der Waals surface area contributed by atoms with Crippen molar-refractivity contribution in [2.75, 3.05) is 0 Å². The molecule has 1 aromatic heterocycles. The summed E-state index contributed by atoms with van der Waals surface area (Å²) in [4.78, 5) is 13.9. The Balaban J connectivity index is 2.33. The lowest BCUT2D eigenvalue weighted by atomic mass is 10.2. The van der Waals surface area contributed by atoms with E-state index in [1.54, 1.807) is 5.51 Å². The summed E-state index contributed by atoms with van der Waals surface area (Å²) in [6.07, 6.45) is 1.51. The number of nitro benzene ring substituents is 1. The number of nitro groups is 1. The number of thiazole rings is 1. The molecular weight excluding hydrogens is 321 g/mol. The van der Waals surface area contributed by atoms with Crippen LogP contribution in [0.25, 0.3) is 0 Å². The largest absolute Gasteiger partial charge is 0.306 e. The molecule has 21 heavy (non-hydrogen) atoms. The molecule has 10 heteroatoms. The van der Waals surface area contributed by atoms with Crippen molar-refractivity contribution in [3.8, 4) is 0 Å². The lowest BCUT2D eigenvalue weighted by Gasteiger charge is -2.07. The predicted octanol–water partition coefficient (Wildman–Crippen LogP) is 1.98. The van der Waals surface area contributed by atoms with Gasteiger partial charge in [0.15, 0.2) is 0 Å². The first-order chi connectivity index (χ1) is 9.81. The molecule has 0 bridgehead atoms. The van der Waals surface area contributed by atoms with Crippen LogP contribution in [0.15, 0.2) is 28.7 Å². The van der Waals surface area contributed by atoms with Crippen LogP contribution in [0.1, 0.15) is 10.4 Å². The van der Waals surface area contributed by atoms with Gasteiger partial charge in [-0.05, 0) is 18.6 Å². The molecule has 0 unspecified atom stereocenters. The van der Waals surface area contributed by atoms with Crippen molar-refractivity contribution in [3.63, 3.8) is 0 Å². The number of nitrogens with one attached hydrogen (secondary N) is 1. The average molecular weight is 331 g/mol. The van der Waals surface area contributed by atoms with Gasteiger partial charge in [-0.25, -0.2) is 13.1 Å². The van der Waals surface area contributed by atoms with Gasteiger partial charge < -0.3 is 0 Å². The van der Waals surface area contributed by atoms with Crippen LogP contribution in [0, 0.1) is 22.9 Å². The van der Waals surface area contributed by atoms with E-state index >= 15 is 0 Å². The fraction of sp³-hybridized carbons (Fsp3) is 0.182. The minimum Gasteiger partial charge on any atom is -0.258 e. The van der Waals surface area contributed by atoms with E-state index in [0.29, 0.717) is 10.9 Å². The van der Waals surface area contributed by atoms with Crippen LogP contribution in [0.5, 0.6) is 0 Å².